The highest BCUT2D eigenvalue weighted by atomic mass is 32.2. The second-order valence-corrected chi connectivity index (χ2v) is 8.63. The number of benzene rings is 3. The van der Waals surface area contributed by atoms with E-state index in [9.17, 15) is 22.0 Å². The topological polar surface area (TPSA) is 66.5 Å². The second kappa shape index (κ2) is 7.87. The number of nitrogens with zero attached hydrogens (tertiary/aromatic N) is 1. The normalized spacial score (nSPS) is 13.6. The molecule has 0 bridgehead atoms. The number of anilines is 2. The number of hydrogen-bond donors (Lipinski definition) is 1. The zero-order valence-electron chi connectivity index (χ0n) is 15.8. The summed E-state index contributed by atoms with van der Waals surface area (Å²) >= 11 is 0. The lowest BCUT2D eigenvalue weighted by Crippen LogP contribution is -2.35. The lowest BCUT2D eigenvalue weighted by molar-refractivity contribution is 0.0985. The van der Waals surface area contributed by atoms with E-state index in [4.69, 9.17) is 0 Å². The van der Waals surface area contributed by atoms with Gasteiger partial charge in [0.05, 0.1) is 10.6 Å². The summed E-state index contributed by atoms with van der Waals surface area (Å²) in [5, 5.41) is 0. The molecule has 0 unspecified atom stereocenters. The zero-order valence-corrected chi connectivity index (χ0v) is 16.6. The van der Waals surface area contributed by atoms with Crippen LogP contribution in [0.15, 0.2) is 71.6 Å². The van der Waals surface area contributed by atoms with Gasteiger partial charge in [-0.05, 0) is 60.9 Å². The number of fused-ring (bicyclic) bond motifs is 1. The minimum Gasteiger partial charge on any atom is -0.308 e. The van der Waals surface area contributed by atoms with Crippen LogP contribution in [0, 0.1) is 11.6 Å². The summed E-state index contributed by atoms with van der Waals surface area (Å²) in [6.45, 7) is 0.514. The molecule has 0 saturated carbocycles. The van der Waals surface area contributed by atoms with Gasteiger partial charge in [0.25, 0.3) is 15.9 Å². The van der Waals surface area contributed by atoms with Gasteiger partial charge in [0.2, 0.25) is 0 Å². The van der Waals surface area contributed by atoms with E-state index in [1.165, 1.54) is 0 Å². The maximum absolute atomic E-state index is 13.5. The maximum atomic E-state index is 13.5. The summed E-state index contributed by atoms with van der Waals surface area (Å²) in [5.41, 5.74) is 2.33. The van der Waals surface area contributed by atoms with Crippen molar-refractivity contribution in [3.8, 4) is 0 Å². The van der Waals surface area contributed by atoms with Crippen molar-refractivity contribution in [3.63, 3.8) is 0 Å². The van der Waals surface area contributed by atoms with Gasteiger partial charge in [0.15, 0.2) is 11.6 Å². The van der Waals surface area contributed by atoms with E-state index >= 15 is 0 Å². The molecule has 1 aliphatic rings. The maximum Gasteiger partial charge on any atom is 0.262 e. The van der Waals surface area contributed by atoms with Crippen LogP contribution in [-0.2, 0) is 16.4 Å². The SMILES string of the molecule is O=C(c1ccccc1)N1CCCc2ccc(NS(=O)(=O)c3ccc(F)c(F)c3)cc21. The van der Waals surface area contributed by atoms with Gasteiger partial charge in [-0.2, -0.15) is 0 Å². The monoisotopic (exact) mass is 428 g/mol. The minimum atomic E-state index is -4.13. The van der Waals surface area contributed by atoms with E-state index in [1.54, 1.807) is 47.4 Å². The van der Waals surface area contributed by atoms with Crippen molar-refractivity contribution in [1.82, 2.24) is 0 Å². The van der Waals surface area contributed by atoms with E-state index in [0.29, 0.717) is 23.9 Å². The van der Waals surface area contributed by atoms with Crippen molar-refractivity contribution in [2.24, 2.45) is 0 Å². The first-order chi connectivity index (χ1) is 14.3. The van der Waals surface area contributed by atoms with Crippen LogP contribution < -0.4 is 9.62 Å². The average molecular weight is 428 g/mol. The van der Waals surface area contributed by atoms with Crippen molar-refractivity contribution in [1.29, 1.82) is 0 Å². The molecule has 0 aromatic heterocycles. The second-order valence-electron chi connectivity index (χ2n) is 6.95. The standard InChI is InChI=1S/C22H18F2N2O3S/c23-19-11-10-18(14-20(19)24)30(28,29)25-17-9-8-15-7-4-12-26(21(15)13-17)22(27)16-5-2-1-3-6-16/h1-3,5-6,8-11,13-14,25H,4,7,12H2. The molecule has 4 rings (SSSR count). The number of halogens is 2. The van der Waals surface area contributed by atoms with Crippen LogP contribution >= 0.6 is 0 Å². The fraction of sp³-hybridized carbons (Fsp3) is 0.136. The molecule has 8 heteroatoms. The predicted octanol–water partition coefficient (Wildman–Crippen LogP) is 4.36. The highest BCUT2D eigenvalue weighted by molar-refractivity contribution is 7.92. The molecule has 0 atom stereocenters. The van der Waals surface area contributed by atoms with Gasteiger partial charge in [-0.15, -0.1) is 0 Å². The molecule has 1 aliphatic heterocycles. The molecular formula is C22H18F2N2O3S. The van der Waals surface area contributed by atoms with Gasteiger partial charge in [-0.1, -0.05) is 24.3 Å². The Morgan fingerprint density at radius 3 is 2.43 bits per heavy atom. The van der Waals surface area contributed by atoms with Crippen LogP contribution in [0.5, 0.6) is 0 Å². The van der Waals surface area contributed by atoms with Crippen LogP contribution in [0.25, 0.3) is 0 Å². The lowest BCUT2D eigenvalue weighted by Gasteiger charge is -2.30. The molecule has 0 saturated heterocycles. The van der Waals surface area contributed by atoms with E-state index in [0.717, 1.165) is 30.5 Å². The molecule has 0 spiro atoms. The molecule has 154 valence electrons. The van der Waals surface area contributed by atoms with Crippen molar-refractivity contribution < 1.29 is 22.0 Å². The summed E-state index contributed by atoms with van der Waals surface area (Å²) in [7, 11) is -4.13. The Morgan fingerprint density at radius 2 is 1.70 bits per heavy atom. The summed E-state index contributed by atoms with van der Waals surface area (Å²) in [4.78, 5) is 14.2. The first kappa shape index (κ1) is 20.0. The number of aryl methyl sites for hydroxylation is 1. The highest BCUT2D eigenvalue weighted by Gasteiger charge is 2.25. The quantitative estimate of drug-likeness (QED) is 0.672. The van der Waals surface area contributed by atoms with Crippen LogP contribution in [0.4, 0.5) is 20.2 Å². The number of carbonyl (C=O) groups excluding carboxylic acids is 1. The van der Waals surface area contributed by atoms with Crippen LogP contribution in [-0.4, -0.2) is 20.9 Å². The number of sulfonamides is 1. The third-order valence-electron chi connectivity index (χ3n) is 4.92. The molecule has 5 nitrogen and oxygen atoms in total. The van der Waals surface area contributed by atoms with Crippen molar-refractivity contribution >= 4 is 27.3 Å². The summed E-state index contributed by atoms with van der Waals surface area (Å²) in [5.74, 6) is -2.54. The van der Waals surface area contributed by atoms with Gasteiger partial charge in [-0.25, -0.2) is 17.2 Å². The van der Waals surface area contributed by atoms with Gasteiger partial charge in [0.1, 0.15) is 0 Å². The average Bonchev–Trinajstić information content (AvgIpc) is 2.75. The molecule has 30 heavy (non-hydrogen) atoms. The van der Waals surface area contributed by atoms with E-state index in [2.05, 4.69) is 4.72 Å². The number of rotatable bonds is 4. The van der Waals surface area contributed by atoms with Crippen molar-refractivity contribution in [2.75, 3.05) is 16.2 Å². The third kappa shape index (κ3) is 3.91. The van der Waals surface area contributed by atoms with Crippen molar-refractivity contribution in [3.05, 3.63) is 89.5 Å². The van der Waals surface area contributed by atoms with Gasteiger partial charge < -0.3 is 4.90 Å². The molecule has 3 aromatic rings. The molecule has 0 radical (unpaired) electrons. The molecular weight excluding hydrogens is 410 g/mol. The molecule has 0 fully saturated rings. The lowest BCUT2D eigenvalue weighted by atomic mass is 10.00. The first-order valence-corrected chi connectivity index (χ1v) is 10.8. The first-order valence-electron chi connectivity index (χ1n) is 9.33. The Bertz CT molecular complexity index is 1210. The molecule has 1 heterocycles. The number of hydrogen-bond acceptors (Lipinski definition) is 3. The highest BCUT2D eigenvalue weighted by Crippen LogP contribution is 2.32. The van der Waals surface area contributed by atoms with Crippen LogP contribution in [0.1, 0.15) is 22.3 Å². The van der Waals surface area contributed by atoms with Crippen molar-refractivity contribution in [2.45, 2.75) is 17.7 Å². The number of amides is 1. The Balaban J connectivity index is 1.65. The van der Waals surface area contributed by atoms with E-state index < -0.39 is 26.6 Å². The molecule has 1 N–H and O–H groups in total. The number of carbonyl (C=O) groups is 1. The third-order valence-corrected chi connectivity index (χ3v) is 6.30. The minimum absolute atomic E-state index is 0.169. The van der Waals surface area contributed by atoms with Gasteiger partial charge in [0, 0.05) is 17.8 Å². The Morgan fingerprint density at radius 1 is 0.933 bits per heavy atom. The summed E-state index contributed by atoms with van der Waals surface area (Å²) in [6, 6.07) is 16.2. The molecule has 1 amide bonds. The molecule has 3 aromatic carbocycles. The predicted molar refractivity (Wildman–Crippen MR) is 110 cm³/mol. The molecule has 0 aliphatic carbocycles. The Hall–Kier alpha value is -3.26. The number of nitrogens with one attached hydrogen (secondary N) is 1. The largest absolute Gasteiger partial charge is 0.308 e. The fourth-order valence-corrected chi connectivity index (χ4v) is 4.50. The zero-order chi connectivity index (χ0) is 21.3. The van der Waals surface area contributed by atoms with Gasteiger partial charge in [-0.3, -0.25) is 9.52 Å². The summed E-state index contributed by atoms with van der Waals surface area (Å²) < 4.78 is 54.2. The van der Waals surface area contributed by atoms with E-state index in [-0.39, 0.29) is 11.6 Å². The van der Waals surface area contributed by atoms with Gasteiger partial charge >= 0.3 is 0 Å². The smallest absolute Gasteiger partial charge is 0.262 e. The Kier molecular flexibility index (Phi) is 5.26. The van der Waals surface area contributed by atoms with Crippen LogP contribution in [0.2, 0.25) is 0 Å². The fourth-order valence-electron chi connectivity index (χ4n) is 3.44. The summed E-state index contributed by atoms with van der Waals surface area (Å²) in [6.07, 6.45) is 1.57. The Labute approximate surface area is 173 Å². The van der Waals surface area contributed by atoms with Crippen LogP contribution in [0.3, 0.4) is 0 Å². The van der Waals surface area contributed by atoms with E-state index in [1.807, 2.05) is 6.07 Å².